The number of rotatable bonds is 48. The van der Waals surface area contributed by atoms with Gasteiger partial charge in [-0.15, -0.1) is 6.42 Å². The third kappa shape index (κ3) is 34.3. The molecule has 3 aromatic rings. The van der Waals surface area contributed by atoms with Crippen LogP contribution in [-0.4, -0.2) is 26.4 Å². The van der Waals surface area contributed by atoms with E-state index in [0.717, 1.165) is 76.5 Å². The highest BCUT2D eigenvalue weighted by Gasteiger charge is 2.10. The first-order valence-corrected chi connectivity index (χ1v) is 32.0. The van der Waals surface area contributed by atoms with Gasteiger partial charge in [0, 0.05) is 27.8 Å². The van der Waals surface area contributed by atoms with Crippen molar-refractivity contribution in [3.8, 4) is 59.0 Å². The smallest absolute Gasteiger partial charge is 0.162 e. The van der Waals surface area contributed by atoms with Gasteiger partial charge in [0.1, 0.15) is 0 Å². The Morgan fingerprint density at radius 2 is 0.474 bits per heavy atom. The molecular formula is C72H110O4. The van der Waals surface area contributed by atoms with Crippen molar-refractivity contribution in [3.63, 3.8) is 0 Å². The summed E-state index contributed by atoms with van der Waals surface area (Å²) in [7, 11) is 0. The zero-order valence-electron chi connectivity index (χ0n) is 49.5. The molecule has 76 heavy (non-hydrogen) atoms. The molecule has 422 valence electrons. The second-order valence-corrected chi connectivity index (χ2v) is 21.9. The molecule has 0 atom stereocenters. The normalized spacial score (nSPS) is 10.9. The summed E-state index contributed by atoms with van der Waals surface area (Å²) in [6.07, 6.45) is 58.0. The van der Waals surface area contributed by atoms with Crippen LogP contribution in [0.15, 0.2) is 54.6 Å². The molecule has 3 rings (SSSR count). The van der Waals surface area contributed by atoms with Crippen LogP contribution < -0.4 is 18.9 Å². The standard InChI is InChI=1S/C72H110O4/c1-6-11-15-19-23-27-31-35-39-43-55-73-69-53-51-65(62-71(69)75-57-45-41-37-33-29-25-21-17-13-8-3)47-49-67-59-64(10-5)60-68(61-67)50-48-66-52-54-70(74-56-44-40-36-32-28-24-20-16-12-7-2)72(63-66)76-58-46-42-38-34-30-26-22-18-14-9-4/h5,51-54,59-63H,6-9,11-46,55-58H2,1-4H3. The lowest BCUT2D eigenvalue weighted by Crippen LogP contribution is -2.03. The summed E-state index contributed by atoms with van der Waals surface area (Å²) >= 11 is 0. The van der Waals surface area contributed by atoms with Crippen LogP contribution in [-0.2, 0) is 0 Å². The second kappa shape index (κ2) is 47.7. The first-order chi connectivity index (χ1) is 37.6. The molecule has 0 N–H and O–H groups in total. The van der Waals surface area contributed by atoms with E-state index in [9.17, 15) is 0 Å². The Bertz CT molecular complexity index is 1900. The summed E-state index contributed by atoms with van der Waals surface area (Å²) in [5.41, 5.74) is 4.16. The Morgan fingerprint density at radius 1 is 0.250 bits per heavy atom. The van der Waals surface area contributed by atoms with Crippen molar-refractivity contribution in [2.75, 3.05) is 26.4 Å². The summed E-state index contributed by atoms with van der Waals surface area (Å²) in [5.74, 6) is 19.6. The van der Waals surface area contributed by atoms with Gasteiger partial charge >= 0.3 is 0 Å². The van der Waals surface area contributed by atoms with Crippen molar-refractivity contribution >= 4 is 0 Å². The van der Waals surface area contributed by atoms with Crippen molar-refractivity contribution in [3.05, 3.63) is 82.4 Å². The van der Waals surface area contributed by atoms with E-state index in [0.29, 0.717) is 26.4 Å². The van der Waals surface area contributed by atoms with E-state index < -0.39 is 0 Å². The van der Waals surface area contributed by atoms with Crippen LogP contribution in [0.1, 0.15) is 312 Å². The van der Waals surface area contributed by atoms with E-state index >= 15 is 0 Å². The van der Waals surface area contributed by atoms with E-state index in [1.165, 1.54) is 231 Å². The third-order valence-corrected chi connectivity index (χ3v) is 14.7. The first-order valence-electron chi connectivity index (χ1n) is 32.0. The van der Waals surface area contributed by atoms with E-state index in [2.05, 4.69) is 57.3 Å². The van der Waals surface area contributed by atoms with Crippen molar-refractivity contribution in [1.82, 2.24) is 0 Å². The maximum absolute atomic E-state index is 6.45. The summed E-state index contributed by atoms with van der Waals surface area (Å²) in [4.78, 5) is 0. The highest BCUT2D eigenvalue weighted by atomic mass is 16.5. The summed E-state index contributed by atoms with van der Waals surface area (Å²) < 4.78 is 25.7. The summed E-state index contributed by atoms with van der Waals surface area (Å²) in [6, 6.07) is 18.2. The molecule has 3 aromatic carbocycles. The summed E-state index contributed by atoms with van der Waals surface area (Å²) in [6.45, 7) is 11.9. The number of unbranched alkanes of at least 4 members (excludes halogenated alkanes) is 36. The fraction of sp³-hybridized carbons (Fsp3) is 0.667. The van der Waals surface area contributed by atoms with Gasteiger partial charge in [0.05, 0.1) is 26.4 Å². The Hall–Kier alpha value is -4.46. The van der Waals surface area contributed by atoms with Gasteiger partial charge in [-0.1, -0.05) is 288 Å². The fourth-order valence-electron chi connectivity index (χ4n) is 9.87. The monoisotopic (exact) mass is 1040 g/mol. The minimum Gasteiger partial charge on any atom is -0.490 e. The van der Waals surface area contributed by atoms with Crippen LogP contribution in [0.2, 0.25) is 0 Å². The minimum absolute atomic E-state index is 0.677. The lowest BCUT2D eigenvalue weighted by molar-refractivity contribution is 0.258. The average Bonchev–Trinajstić information content (AvgIpc) is 3.44. The zero-order valence-corrected chi connectivity index (χ0v) is 49.5. The maximum Gasteiger partial charge on any atom is 0.162 e. The molecule has 4 heteroatoms. The molecule has 0 spiro atoms. The second-order valence-electron chi connectivity index (χ2n) is 21.9. The van der Waals surface area contributed by atoms with Crippen molar-refractivity contribution < 1.29 is 18.9 Å². The van der Waals surface area contributed by atoms with Gasteiger partial charge in [-0.3, -0.25) is 0 Å². The van der Waals surface area contributed by atoms with Gasteiger partial charge < -0.3 is 18.9 Å². The van der Waals surface area contributed by atoms with Crippen molar-refractivity contribution in [1.29, 1.82) is 0 Å². The number of hydrogen-bond donors (Lipinski definition) is 0. The van der Waals surface area contributed by atoms with Crippen LogP contribution in [0, 0.1) is 36.0 Å². The SMILES string of the molecule is C#Cc1cc(C#Cc2ccc(OCCCCCCCCCCCC)c(OCCCCCCCCCCCC)c2)cc(C#Cc2ccc(OCCCCCCCCCCCC)c(OCCCCCCCCCCCC)c2)c1. The maximum atomic E-state index is 6.45. The third-order valence-electron chi connectivity index (χ3n) is 14.7. The van der Waals surface area contributed by atoms with Gasteiger partial charge in [0.2, 0.25) is 0 Å². The number of hydrogen-bond acceptors (Lipinski definition) is 4. The van der Waals surface area contributed by atoms with E-state index in [1.807, 2.05) is 54.6 Å². The topological polar surface area (TPSA) is 36.9 Å². The number of ether oxygens (including phenoxy) is 4. The molecule has 0 amide bonds. The van der Waals surface area contributed by atoms with E-state index in [-0.39, 0.29) is 0 Å². The molecule has 0 aromatic heterocycles. The molecule has 0 radical (unpaired) electrons. The Labute approximate surface area is 469 Å². The number of benzene rings is 3. The molecule has 0 fully saturated rings. The molecule has 0 aliphatic carbocycles. The molecule has 0 bridgehead atoms. The molecule has 0 aliphatic rings. The van der Waals surface area contributed by atoms with Gasteiger partial charge in [0.25, 0.3) is 0 Å². The molecule has 0 saturated heterocycles. The van der Waals surface area contributed by atoms with Crippen LogP contribution in [0.3, 0.4) is 0 Å². The quantitative estimate of drug-likeness (QED) is 0.0417. The van der Waals surface area contributed by atoms with Gasteiger partial charge in [0.15, 0.2) is 23.0 Å². The largest absolute Gasteiger partial charge is 0.490 e. The van der Waals surface area contributed by atoms with Crippen LogP contribution in [0.25, 0.3) is 0 Å². The van der Waals surface area contributed by atoms with Crippen molar-refractivity contribution in [2.45, 2.75) is 285 Å². The number of terminal acetylenes is 1. The molecular weight excluding hydrogens is 929 g/mol. The zero-order chi connectivity index (χ0) is 54.0. The Kier molecular flexibility index (Phi) is 41.3. The Balaban J connectivity index is 1.67. The van der Waals surface area contributed by atoms with Gasteiger partial charge in [-0.05, 0) is 80.3 Å². The molecule has 4 nitrogen and oxygen atoms in total. The van der Waals surface area contributed by atoms with Crippen molar-refractivity contribution in [2.24, 2.45) is 0 Å². The van der Waals surface area contributed by atoms with Crippen LogP contribution in [0.5, 0.6) is 23.0 Å². The highest BCUT2D eigenvalue weighted by Crippen LogP contribution is 2.31. The minimum atomic E-state index is 0.677. The van der Waals surface area contributed by atoms with Crippen LogP contribution >= 0.6 is 0 Å². The van der Waals surface area contributed by atoms with Gasteiger partial charge in [-0.2, -0.15) is 0 Å². The Morgan fingerprint density at radius 3 is 0.737 bits per heavy atom. The highest BCUT2D eigenvalue weighted by molar-refractivity contribution is 5.56. The molecule has 0 saturated carbocycles. The van der Waals surface area contributed by atoms with Gasteiger partial charge in [-0.25, -0.2) is 0 Å². The fourth-order valence-corrected chi connectivity index (χ4v) is 9.87. The molecule has 0 aliphatic heterocycles. The molecule has 0 heterocycles. The lowest BCUT2D eigenvalue weighted by Gasteiger charge is -2.13. The predicted octanol–water partition coefficient (Wildman–Crippen LogP) is 21.7. The van der Waals surface area contributed by atoms with E-state index in [1.54, 1.807) is 0 Å². The summed E-state index contributed by atoms with van der Waals surface area (Å²) in [5, 5.41) is 0. The lowest BCUT2D eigenvalue weighted by atomic mass is 10.1. The average molecular weight is 1040 g/mol. The predicted molar refractivity (Wildman–Crippen MR) is 329 cm³/mol. The molecule has 0 unspecified atom stereocenters. The first kappa shape index (κ1) is 65.8. The van der Waals surface area contributed by atoms with E-state index in [4.69, 9.17) is 25.4 Å². The van der Waals surface area contributed by atoms with Crippen LogP contribution in [0.4, 0.5) is 0 Å².